The predicted molar refractivity (Wildman–Crippen MR) is 91.7 cm³/mol. The molecule has 23 heavy (non-hydrogen) atoms. The van der Waals surface area contributed by atoms with Gasteiger partial charge in [-0.25, -0.2) is 19.9 Å². The lowest BCUT2D eigenvalue weighted by molar-refractivity contribution is 1.12. The van der Waals surface area contributed by atoms with Crippen molar-refractivity contribution in [1.29, 1.82) is 0 Å². The number of thiazole rings is 1. The first kappa shape index (κ1) is 13.8. The second-order valence-electron chi connectivity index (χ2n) is 5.03. The van der Waals surface area contributed by atoms with E-state index in [1.165, 1.54) is 4.70 Å². The Labute approximate surface area is 137 Å². The molecule has 0 amide bonds. The molecule has 0 bridgehead atoms. The van der Waals surface area contributed by atoms with Crippen molar-refractivity contribution in [3.05, 3.63) is 59.9 Å². The van der Waals surface area contributed by atoms with Crippen LogP contribution in [-0.4, -0.2) is 19.9 Å². The van der Waals surface area contributed by atoms with E-state index < -0.39 is 0 Å². The summed E-state index contributed by atoms with van der Waals surface area (Å²) in [4.78, 5) is 17.5. The highest BCUT2D eigenvalue weighted by atomic mass is 32.1. The molecule has 5 nitrogen and oxygen atoms in total. The van der Waals surface area contributed by atoms with Crippen LogP contribution in [0, 0.1) is 13.0 Å². The summed E-state index contributed by atoms with van der Waals surface area (Å²) in [6.45, 7) is 2.00. The van der Waals surface area contributed by atoms with Crippen LogP contribution in [0.5, 0.6) is 0 Å². The van der Waals surface area contributed by atoms with Crippen molar-refractivity contribution in [3.8, 4) is 11.3 Å². The highest BCUT2D eigenvalue weighted by molar-refractivity contribution is 7.16. The molecule has 0 aliphatic heterocycles. The largest absolute Gasteiger partial charge is 0.309 e. The minimum absolute atomic E-state index is 0.516. The second kappa shape index (κ2) is 5.73. The molecule has 0 saturated carbocycles. The molecule has 0 unspecified atom stereocenters. The smallest absolute Gasteiger partial charge is 0.228 e. The topological polar surface area (TPSA) is 63.6 Å². The quantitative estimate of drug-likeness (QED) is 0.618. The van der Waals surface area contributed by atoms with Crippen LogP contribution >= 0.6 is 11.3 Å². The van der Waals surface area contributed by atoms with Gasteiger partial charge >= 0.3 is 0 Å². The van der Waals surface area contributed by atoms with Crippen LogP contribution < -0.4 is 5.32 Å². The summed E-state index contributed by atoms with van der Waals surface area (Å²) in [5.41, 5.74) is 5.77. The van der Waals surface area contributed by atoms with Crippen LogP contribution in [0.4, 0.5) is 11.8 Å². The lowest BCUT2D eigenvalue weighted by atomic mass is 10.1. The maximum atomic E-state index is 4.63. The summed E-state index contributed by atoms with van der Waals surface area (Å²) < 4.78 is 1.17. The zero-order valence-electron chi connectivity index (χ0n) is 12.3. The highest BCUT2D eigenvalue weighted by Gasteiger charge is 2.09. The van der Waals surface area contributed by atoms with Gasteiger partial charge in [0, 0.05) is 24.0 Å². The summed E-state index contributed by atoms with van der Waals surface area (Å²) in [6.07, 6.45) is 3.42. The van der Waals surface area contributed by atoms with E-state index in [0.717, 1.165) is 22.3 Å². The Morgan fingerprint density at radius 2 is 2.09 bits per heavy atom. The van der Waals surface area contributed by atoms with E-state index >= 15 is 0 Å². The molecule has 3 aromatic heterocycles. The number of aromatic nitrogens is 4. The first-order valence-corrected chi connectivity index (χ1v) is 7.94. The standard InChI is InChI=1S/C17H12N5S/c1-11-9-19-17(21-15-4-2-3-7-18-15)22-16(11)12-5-6-14-13(8-12)20-10-23-14/h2,4-10H,1H3,(H,18,19,21,22). The van der Waals surface area contributed by atoms with E-state index in [0.29, 0.717) is 11.8 Å². The van der Waals surface area contributed by atoms with Crippen LogP contribution in [-0.2, 0) is 0 Å². The first-order valence-electron chi connectivity index (χ1n) is 7.06. The molecule has 0 spiro atoms. The molecule has 0 saturated heterocycles. The Kier molecular flexibility index (Phi) is 3.44. The predicted octanol–water partition coefficient (Wildman–Crippen LogP) is 4.00. The van der Waals surface area contributed by atoms with Crippen LogP contribution in [0.15, 0.2) is 48.2 Å². The minimum atomic E-state index is 0.516. The van der Waals surface area contributed by atoms with Crippen molar-refractivity contribution in [2.45, 2.75) is 6.92 Å². The first-order chi connectivity index (χ1) is 11.3. The highest BCUT2D eigenvalue weighted by Crippen LogP contribution is 2.27. The normalized spacial score (nSPS) is 10.8. The van der Waals surface area contributed by atoms with Crippen molar-refractivity contribution >= 4 is 33.3 Å². The average molecular weight is 318 g/mol. The number of benzene rings is 1. The van der Waals surface area contributed by atoms with Crippen LogP contribution in [0.25, 0.3) is 21.5 Å². The molecule has 4 aromatic rings. The van der Waals surface area contributed by atoms with Crippen LogP contribution in [0.3, 0.4) is 0 Å². The van der Waals surface area contributed by atoms with Crippen LogP contribution in [0.1, 0.15) is 5.56 Å². The van der Waals surface area contributed by atoms with Crippen molar-refractivity contribution in [1.82, 2.24) is 19.9 Å². The third-order valence-electron chi connectivity index (χ3n) is 3.43. The van der Waals surface area contributed by atoms with Gasteiger partial charge in [0.2, 0.25) is 5.95 Å². The average Bonchev–Trinajstić information content (AvgIpc) is 3.05. The maximum Gasteiger partial charge on any atom is 0.228 e. The molecule has 111 valence electrons. The monoisotopic (exact) mass is 318 g/mol. The molecule has 1 N–H and O–H groups in total. The van der Waals surface area contributed by atoms with Gasteiger partial charge in [-0.15, -0.1) is 11.3 Å². The number of hydrogen-bond acceptors (Lipinski definition) is 6. The second-order valence-corrected chi connectivity index (χ2v) is 5.91. The fraction of sp³-hybridized carbons (Fsp3) is 0.0588. The Hall–Kier alpha value is -2.86. The van der Waals surface area contributed by atoms with Gasteiger partial charge in [-0.05, 0) is 36.8 Å². The third-order valence-corrected chi connectivity index (χ3v) is 4.24. The summed E-state index contributed by atoms with van der Waals surface area (Å²) in [5, 5.41) is 3.11. The van der Waals surface area contributed by atoms with Crippen molar-refractivity contribution in [2.75, 3.05) is 5.32 Å². The Bertz CT molecular complexity index is 965. The number of hydrogen-bond donors (Lipinski definition) is 1. The van der Waals surface area contributed by atoms with Gasteiger partial charge in [-0.3, -0.25) is 0 Å². The Morgan fingerprint density at radius 1 is 1.13 bits per heavy atom. The summed E-state index contributed by atoms with van der Waals surface area (Å²) in [5.74, 6) is 1.20. The van der Waals surface area contributed by atoms with Gasteiger partial charge in [0.1, 0.15) is 5.82 Å². The molecule has 3 heterocycles. The number of rotatable bonds is 3. The number of nitrogens with zero attached hydrogens (tertiary/aromatic N) is 4. The number of fused-ring (bicyclic) bond motifs is 1. The Morgan fingerprint density at radius 3 is 2.96 bits per heavy atom. The van der Waals surface area contributed by atoms with Gasteiger partial charge < -0.3 is 5.32 Å². The summed E-state index contributed by atoms with van der Waals surface area (Å²) in [7, 11) is 0. The molecule has 0 aliphatic carbocycles. The zero-order chi connectivity index (χ0) is 15.6. The van der Waals surface area contributed by atoms with Gasteiger partial charge in [-0.2, -0.15) is 0 Å². The fourth-order valence-electron chi connectivity index (χ4n) is 2.31. The Balaban J connectivity index is 1.74. The SMILES string of the molecule is Cc1cnc(Nc2cc[c]cn2)nc1-c1ccc2scnc2c1. The molecule has 4 rings (SSSR count). The molecular formula is C17H12N5S. The van der Waals surface area contributed by atoms with Crippen molar-refractivity contribution in [2.24, 2.45) is 0 Å². The number of anilines is 2. The van der Waals surface area contributed by atoms with Gasteiger partial charge in [0.25, 0.3) is 0 Å². The molecule has 0 aliphatic rings. The number of nitrogens with one attached hydrogen (secondary N) is 1. The van der Waals surface area contributed by atoms with E-state index in [1.54, 1.807) is 23.6 Å². The molecule has 6 heteroatoms. The van der Waals surface area contributed by atoms with Gasteiger partial charge in [0.05, 0.1) is 21.4 Å². The lowest BCUT2D eigenvalue weighted by Crippen LogP contribution is -2.01. The maximum absolute atomic E-state index is 4.63. The molecule has 1 aromatic carbocycles. The number of aryl methyl sites for hydroxylation is 1. The summed E-state index contributed by atoms with van der Waals surface area (Å²) in [6, 6.07) is 12.7. The zero-order valence-corrected chi connectivity index (χ0v) is 13.1. The van der Waals surface area contributed by atoms with Crippen LogP contribution in [0.2, 0.25) is 0 Å². The van der Waals surface area contributed by atoms with E-state index in [4.69, 9.17) is 0 Å². The van der Waals surface area contributed by atoms with E-state index in [2.05, 4.69) is 49.5 Å². The minimum Gasteiger partial charge on any atom is -0.309 e. The molecule has 0 fully saturated rings. The molecule has 0 atom stereocenters. The third kappa shape index (κ3) is 2.76. The van der Waals surface area contributed by atoms with E-state index in [-0.39, 0.29) is 0 Å². The van der Waals surface area contributed by atoms with E-state index in [1.807, 2.05) is 24.7 Å². The fourth-order valence-corrected chi connectivity index (χ4v) is 2.97. The molecule has 1 radical (unpaired) electrons. The number of pyridine rings is 1. The van der Waals surface area contributed by atoms with Gasteiger partial charge in [-0.1, -0.05) is 6.07 Å². The lowest BCUT2D eigenvalue weighted by Gasteiger charge is -2.08. The summed E-state index contributed by atoms with van der Waals surface area (Å²) >= 11 is 1.63. The molecular weight excluding hydrogens is 306 g/mol. The van der Waals surface area contributed by atoms with Gasteiger partial charge in [0.15, 0.2) is 0 Å². The van der Waals surface area contributed by atoms with E-state index in [9.17, 15) is 0 Å². The van der Waals surface area contributed by atoms with Crippen molar-refractivity contribution in [3.63, 3.8) is 0 Å². The van der Waals surface area contributed by atoms with Crippen molar-refractivity contribution < 1.29 is 0 Å².